The minimum Gasteiger partial charge on any atom is -0.508 e. The van der Waals surface area contributed by atoms with Crippen LogP contribution in [0.5, 0.6) is 5.75 Å². The maximum Gasteiger partial charge on any atom is 0.312 e. The average Bonchev–Trinajstić information content (AvgIpc) is 3.30. The first-order valence-electron chi connectivity index (χ1n) is 14.4. The molecule has 38 heavy (non-hydrogen) atoms. The Morgan fingerprint density at radius 1 is 0.947 bits per heavy atom. The van der Waals surface area contributed by atoms with Crippen LogP contribution >= 0.6 is 0 Å². The van der Waals surface area contributed by atoms with Crippen molar-refractivity contribution in [3.8, 4) is 5.75 Å². The van der Waals surface area contributed by atoms with Gasteiger partial charge in [-0.2, -0.15) is 0 Å². The number of likely N-dealkylation sites (N-methyl/N-ethyl adjacent to an activating group) is 1. The molecule has 0 heterocycles. The Morgan fingerprint density at radius 3 is 1.84 bits per heavy atom. The van der Waals surface area contributed by atoms with E-state index < -0.39 is 0 Å². The highest BCUT2D eigenvalue weighted by Crippen LogP contribution is 2.35. The summed E-state index contributed by atoms with van der Waals surface area (Å²) in [7, 11) is 3.91. The number of aromatic hydroxyl groups is 1. The molecule has 1 saturated carbocycles. The Balaban J connectivity index is 0.000000544. The smallest absolute Gasteiger partial charge is 0.312 e. The highest BCUT2D eigenvalue weighted by molar-refractivity contribution is 5.76. The molecule has 220 valence electrons. The molecule has 0 aromatic heterocycles. The van der Waals surface area contributed by atoms with Gasteiger partial charge in [-0.05, 0) is 117 Å². The molecule has 1 fully saturated rings. The van der Waals surface area contributed by atoms with Crippen LogP contribution in [0.2, 0.25) is 0 Å². The monoisotopic (exact) mass is 535 g/mol. The predicted octanol–water partition coefficient (Wildman–Crippen LogP) is 7.73. The zero-order chi connectivity index (χ0) is 29.6. The lowest BCUT2D eigenvalue weighted by atomic mass is 9.90. The summed E-state index contributed by atoms with van der Waals surface area (Å²) in [5, 5.41) is 9.01. The molecule has 1 aromatic carbocycles. The SMILES string of the molecule is CCC(C)(C)C(=O)OC1(C)CCCC1.CCC(C)(C)C(=O)OCCN(C)C.CCC(C)c1ccc(O)cc1. The van der Waals surface area contributed by atoms with Gasteiger partial charge in [-0.15, -0.1) is 0 Å². The fourth-order valence-corrected chi connectivity index (χ4v) is 3.43. The fraction of sp³-hybridized carbons (Fsp3) is 0.750. The first-order valence-corrected chi connectivity index (χ1v) is 14.4. The van der Waals surface area contributed by atoms with Gasteiger partial charge in [0, 0.05) is 6.54 Å². The van der Waals surface area contributed by atoms with E-state index in [1.165, 1.54) is 18.4 Å². The lowest BCUT2D eigenvalue weighted by molar-refractivity contribution is -0.168. The van der Waals surface area contributed by atoms with Crippen LogP contribution in [0.1, 0.15) is 119 Å². The fourth-order valence-electron chi connectivity index (χ4n) is 3.43. The van der Waals surface area contributed by atoms with Crippen molar-refractivity contribution in [2.24, 2.45) is 10.8 Å². The molecule has 0 radical (unpaired) electrons. The Bertz CT molecular complexity index is 808. The van der Waals surface area contributed by atoms with Crippen molar-refractivity contribution in [3.63, 3.8) is 0 Å². The number of phenols is 1. The normalized spacial score (nSPS) is 15.5. The standard InChI is InChI=1S/C12H22O2.C10H21NO2.C10H14O/c1-5-11(2,3)10(13)14-12(4)8-6-7-9-12;1-6-10(2,3)9(12)13-8-7-11(4)5;1-3-8(2)9-4-6-10(11)7-5-9/h5-9H2,1-4H3;6-8H2,1-5H3;4-8,11H,3H2,1-2H3. The van der Waals surface area contributed by atoms with E-state index in [2.05, 4.69) is 20.8 Å². The number of benzene rings is 1. The third kappa shape index (κ3) is 13.6. The number of hydrogen-bond acceptors (Lipinski definition) is 6. The van der Waals surface area contributed by atoms with Gasteiger partial charge in [0.15, 0.2) is 0 Å². The van der Waals surface area contributed by atoms with E-state index in [0.29, 0.717) is 18.3 Å². The molecule has 1 aliphatic rings. The van der Waals surface area contributed by atoms with Gasteiger partial charge < -0.3 is 19.5 Å². The zero-order valence-electron chi connectivity index (χ0n) is 26.3. The van der Waals surface area contributed by atoms with Crippen LogP contribution in [0.15, 0.2) is 24.3 Å². The minimum atomic E-state index is -0.341. The predicted molar refractivity (Wildman–Crippen MR) is 157 cm³/mol. The maximum absolute atomic E-state index is 11.8. The third-order valence-corrected chi connectivity index (χ3v) is 7.72. The van der Waals surface area contributed by atoms with Crippen molar-refractivity contribution in [2.75, 3.05) is 27.2 Å². The van der Waals surface area contributed by atoms with Gasteiger partial charge in [0.05, 0.1) is 10.8 Å². The topological polar surface area (TPSA) is 76.1 Å². The van der Waals surface area contributed by atoms with Gasteiger partial charge in [-0.3, -0.25) is 9.59 Å². The first-order chi connectivity index (χ1) is 17.5. The molecule has 0 saturated heterocycles. The number of ether oxygens (including phenoxy) is 2. The van der Waals surface area contributed by atoms with Crippen molar-refractivity contribution in [1.82, 2.24) is 4.90 Å². The number of hydrogen-bond donors (Lipinski definition) is 1. The molecule has 6 heteroatoms. The van der Waals surface area contributed by atoms with Crippen LogP contribution in [-0.4, -0.2) is 54.8 Å². The van der Waals surface area contributed by atoms with E-state index in [0.717, 1.165) is 38.6 Å². The van der Waals surface area contributed by atoms with Crippen LogP contribution in [-0.2, 0) is 19.1 Å². The minimum absolute atomic E-state index is 0.0376. The molecule has 0 spiro atoms. The summed E-state index contributed by atoms with van der Waals surface area (Å²) < 4.78 is 10.7. The van der Waals surface area contributed by atoms with E-state index >= 15 is 0 Å². The van der Waals surface area contributed by atoms with Crippen molar-refractivity contribution in [3.05, 3.63) is 29.8 Å². The summed E-state index contributed by atoms with van der Waals surface area (Å²) in [5.41, 5.74) is 0.451. The quantitative estimate of drug-likeness (QED) is 0.309. The number of nitrogens with zero attached hydrogens (tertiary/aromatic N) is 1. The van der Waals surface area contributed by atoms with Crippen LogP contribution in [0, 0.1) is 10.8 Å². The van der Waals surface area contributed by atoms with E-state index in [1.807, 2.05) is 72.7 Å². The number of rotatable bonds is 10. The lowest BCUT2D eigenvalue weighted by Crippen LogP contribution is -2.35. The zero-order valence-corrected chi connectivity index (χ0v) is 26.3. The van der Waals surface area contributed by atoms with E-state index in [4.69, 9.17) is 14.6 Å². The summed E-state index contributed by atoms with van der Waals surface area (Å²) in [6, 6.07) is 7.43. The number of esters is 2. The average molecular weight is 536 g/mol. The Kier molecular flexibility index (Phi) is 15.9. The summed E-state index contributed by atoms with van der Waals surface area (Å²) in [4.78, 5) is 25.3. The van der Waals surface area contributed by atoms with Crippen molar-refractivity contribution >= 4 is 11.9 Å². The highest BCUT2D eigenvalue weighted by atomic mass is 16.6. The van der Waals surface area contributed by atoms with E-state index in [-0.39, 0.29) is 28.4 Å². The second-order valence-corrected chi connectivity index (χ2v) is 12.4. The molecule has 1 aromatic rings. The van der Waals surface area contributed by atoms with Crippen LogP contribution in [0.3, 0.4) is 0 Å². The van der Waals surface area contributed by atoms with Gasteiger partial charge >= 0.3 is 11.9 Å². The van der Waals surface area contributed by atoms with Crippen LogP contribution < -0.4 is 0 Å². The molecule has 0 bridgehead atoms. The molecule has 1 N–H and O–H groups in total. The third-order valence-electron chi connectivity index (χ3n) is 7.72. The molecule has 1 unspecified atom stereocenters. The molecule has 2 rings (SSSR count). The largest absolute Gasteiger partial charge is 0.508 e. The molecule has 1 aliphatic carbocycles. The van der Waals surface area contributed by atoms with Gasteiger partial charge in [0.2, 0.25) is 0 Å². The second kappa shape index (κ2) is 16.8. The Morgan fingerprint density at radius 2 is 1.42 bits per heavy atom. The first kappa shape index (κ1) is 35.9. The summed E-state index contributed by atoms with van der Waals surface area (Å²) in [6.45, 7) is 19.4. The number of phenolic OH excluding ortho intramolecular Hbond substituents is 1. The lowest BCUT2D eigenvalue weighted by Gasteiger charge is -2.29. The molecule has 0 aliphatic heterocycles. The molecular weight excluding hydrogens is 478 g/mol. The molecule has 1 atom stereocenters. The second-order valence-electron chi connectivity index (χ2n) is 12.4. The summed E-state index contributed by atoms with van der Waals surface area (Å²) >= 11 is 0. The van der Waals surface area contributed by atoms with Crippen LogP contribution in [0.25, 0.3) is 0 Å². The molecule has 0 amide bonds. The summed E-state index contributed by atoms with van der Waals surface area (Å²) in [6.07, 6.45) is 7.23. The summed E-state index contributed by atoms with van der Waals surface area (Å²) in [5.74, 6) is 0.800. The van der Waals surface area contributed by atoms with Gasteiger partial charge in [-0.1, -0.05) is 39.8 Å². The van der Waals surface area contributed by atoms with Gasteiger partial charge in [-0.25, -0.2) is 0 Å². The number of carbonyl (C=O) groups is 2. The molecule has 6 nitrogen and oxygen atoms in total. The van der Waals surface area contributed by atoms with E-state index in [9.17, 15) is 9.59 Å². The van der Waals surface area contributed by atoms with Crippen molar-refractivity contribution in [1.29, 1.82) is 0 Å². The van der Waals surface area contributed by atoms with E-state index in [1.54, 1.807) is 12.1 Å². The van der Waals surface area contributed by atoms with Crippen molar-refractivity contribution < 1.29 is 24.2 Å². The number of carbonyl (C=O) groups excluding carboxylic acids is 2. The van der Waals surface area contributed by atoms with Crippen molar-refractivity contribution in [2.45, 2.75) is 119 Å². The highest BCUT2D eigenvalue weighted by Gasteiger charge is 2.37. The maximum atomic E-state index is 11.8. The van der Waals surface area contributed by atoms with Gasteiger partial charge in [0.25, 0.3) is 0 Å². The van der Waals surface area contributed by atoms with Crippen LogP contribution in [0.4, 0.5) is 0 Å². The molecular formula is C32H57NO5. The Labute approximate surface area is 233 Å². The van der Waals surface area contributed by atoms with Gasteiger partial charge in [0.1, 0.15) is 18.0 Å². The Hall–Kier alpha value is -2.08.